The van der Waals surface area contributed by atoms with E-state index in [0.717, 1.165) is 20.4 Å². The fourth-order valence-corrected chi connectivity index (χ4v) is 3.36. The van der Waals surface area contributed by atoms with Crippen molar-refractivity contribution >= 4 is 17.6 Å². The Hall–Kier alpha value is -3.88. The highest BCUT2D eigenvalue weighted by Gasteiger charge is 2.33. The molecular formula is C21H21N5O4. The molecule has 2 aromatic carbocycles. The first-order chi connectivity index (χ1) is 14.5. The quantitative estimate of drug-likeness (QED) is 0.670. The number of carbonyl (C=O) groups is 2. The number of amides is 2. The number of methoxy groups -OCH3 is 1. The van der Waals surface area contributed by atoms with Crippen LogP contribution in [0.15, 0.2) is 53.3 Å². The number of hydrogen-bond donors (Lipinski definition) is 1. The number of aryl methyl sites for hydroxylation is 1. The summed E-state index contributed by atoms with van der Waals surface area (Å²) < 4.78 is 7.14. The molecule has 1 N–H and O–H groups in total. The summed E-state index contributed by atoms with van der Waals surface area (Å²) in [6, 6.07) is 14.2. The average Bonchev–Trinajstić information content (AvgIpc) is 3.23. The van der Waals surface area contributed by atoms with E-state index >= 15 is 0 Å². The number of ether oxygens (including phenoxy) is 1. The van der Waals surface area contributed by atoms with Crippen molar-refractivity contribution in [2.75, 3.05) is 12.0 Å². The number of aromatic nitrogens is 3. The normalized spacial score (nSPS) is 12.7. The van der Waals surface area contributed by atoms with Crippen LogP contribution in [-0.4, -0.2) is 33.4 Å². The van der Waals surface area contributed by atoms with Gasteiger partial charge in [-0.25, -0.2) is 14.3 Å². The van der Waals surface area contributed by atoms with Gasteiger partial charge in [-0.2, -0.15) is 9.67 Å². The minimum absolute atomic E-state index is 0.151. The van der Waals surface area contributed by atoms with Gasteiger partial charge in [0.2, 0.25) is 5.91 Å². The van der Waals surface area contributed by atoms with Crippen LogP contribution in [0.5, 0.6) is 5.75 Å². The van der Waals surface area contributed by atoms with E-state index in [9.17, 15) is 14.4 Å². The maximum absolute atomic E-state index is 12.7. The summed E-state index contributed by atoms with van der Waals surface area (Å²) in [4.78, 5) is 39.0. The summed E-state index contributed by atoms with van der Waals surface area (Å²) in [6.45, 7) is 2.23. The summed E-state index contributed by atoms with van der Waals surface area (Å²) in [5, 5.41) is 6.95. The number of rotatable bonds is 6. The highest BCUT2D eigenvalue weighted by molar-refractivity contribution is 5.96. The maximum Gasteiger partial charge on any atom is 0.354 e. The molecule has 1 aliphatic rings. The molecule has 0 saturated carbocycles. The van der Waals surface area contributed by atoms with Gasteiger partial charge in [0.15, 0.2) is 5.82 Å². The van der Waals surface area contributed by atoms with Crippen LogP contribution in [0, 0.1) is 6.92 Å². The summed E-state index contributed by atoms with van der Waals surface area (Å²) >= 11 is 0. The Morgan fingerprint density at radius 2 is 1.93 bits per heavy atom. The molecule has 0 saturated heterocycles. The zero-order valence-electron chi connectivity index (χ0n) is 16.7. The zero-order valence-corrected chi connectivity index (χ0v) is 16.7. The average molecular weight is 407 g/mol. The van der Waals surface area contributed by atoms with E-state index in [2.05, 4.69) is 10.4 Å². The van der Waals surface area contributed by atoms with Crippen LogP contribution >= 0.6 is 0 Å². The second-order valence-electron chi connectivity index (χ2n) is 7.02. The van der Waals surface area contributed by atoms with Crippen LogP contribution in [0.1, 0.15) is 17.0 Å². The molecule has 9 heteroatoms. The van der Waals surface area contributed by atoms with E-state index in [4.69, 9.17) is 4.74 Å². The lowest BCUT2D eigenvalue weighted by Crippen LogP contribution is -2.37. The zero-order chi connectivity index (χ0) is 21.3. The summed E-state index contributed by atoms with van der Waals surface area (Å²) in [7, 11) is 1.56. The summed E-state index contributed by atoms with van der Waals surface area (Å²) in [5.41, 5.74) is 2.07. The monoisotopic (exact) mass is 407 g/mol. The first-order valence-electron chi connectivity index (χ1n) is 9.43. The molecule has 30 heavy (non-hydrogen) atoms. The Morgan fingerprint density at radius 3 is 2.60 bits per heavy atom. The number of nitrogens with one attached hydrogen (secondary N) is 1. The first kappa shape index (κ1) is 19.4. The smallest absolute Gasteiger partial charge is 0.354 e. The second-order valence-corrected chi connectivity index (χ2v) is 7.02. The third kappa shape index (κ3) is 3.69. The Labute approximate surface area is 172 Å². The molecule has 1 aliphatic heterocycles. The van der Waals surface area contributed by atoms with E-state index in [1.807, 2.05) is 31.2 Å². The Kier molecular flexibility index (Phi) is 5.09. The molecule has 9 nitrogen and oxygen atoms in total. The van der Waals surface area contributed by atoms with Crippen LogP contribution in [0.25, 0.3) is 0 Å². The molecule has 1 aromatic heterocycles. The van der Waals surface area contributed by atoms with Gasteiger partial charge in [-0.05, 0) is 36.8 Å². The van der Waals surface area contributed by atoms with Crippen LogP contribution in [0.4, 0.5) is 10.5 Å². The van der Waals surface area contributed by atoms with E-state index in [0.29, 0.717) is 23.8 Å². The number of anilines is 1. The van der Waals surface area contributed by atoms with Crippen LogP contribution in [0.3, 0.4) is 0 Å². The van der Waals surface area contributed by atoms with E-state index in [1.165, 1.54) is 4.90 Å². The van der Waals surface area contributed by atoms with Gasteiger partial charge >= 0.3 is 11.7 Å². The van der Waals surface area contributed by atoms with Crippen LogP contribution in [0.2, 0.25) is 0 Å². The Morgan fingerprint density at radius 1 is 1.17 bits per heavy atom. The molecule has 0 fully saturated rings. The molecule has 0 atom stereocenters. The van der Waals surface area contributed by atoms with Gasteiger partial charge in [0, 0.05) is 12.2 Å². The van der Waals surface area contributed by atoms with Crippen LogP contribution < -0.4 is 20.6 Å². The van der Waals surface area contributed by atoms with Gasteiger partial charge in [0.25, 0.3) is 0 Å². The van der Waals surface area contributed by atoms with Crippen molar-refractivity contribution in [1.29, 1.82) is 0 Å². The van der Waals surface area contributed by atoms with Gasteiger partial charge in [-0.1, -0.05) is 29.8 Å². The Balaban J connectivity index is 1.44. The molecule has 2 heterocycles. The molecule has 2 amide bonds. The van der Waals surface area contributed by atoms with Crippen molar-refractivity contribution < 1.29 is 14.3 Å². The lowest BCUT2D eigenvalue weighted by Gasteiger charge is -2.15. The fraction of sp³-hybridized carbons (Fsp3) is 0.238. The molecule has 3 aromatic rings. The predicted molar refractivity (Wildman–Crippen MR) is 109 cm³/mol. The standard InChI is InChI=1S/C21H21N5O4/c1-14-4-3-5-15(10-14)11-22-19(27)13-25-21(29)26-18(23-25)12-24(20(26)28)16-6-8-17(30-2)9-7-16/h3-10H,11-13H2,1-2H3,(H,22,27). The SMILES string of the molecule is COc1ccc(N2Cc3nn(CC(=O)NCc4cccc(C)c4)c(=O)n3C2=O)cc1. The minimum atomic E-state index is -0.628. The molecule has 4 rings (SSSR count). The summed E-state index contributed by atoms with van der Waals surface area (Å²) in [6.07, 6.45) is 0. The number of carbonyl (C=O) groups excluding carboxylic acids is 2. The number of hydrogen-bond acceptors (Lipinski definition) is 5. The molecular weight excluding hydrogens is 386 g/mol. The lowest BCUT2D eigenvalue weighted by molar-refractivity contribution is -0.122. The number of fused-ring (bicyclic) bond motifs is 1. The highest BCUT2D eigenvalue weighted by Crippen LogP contribution is 2.24. The van der Waals surface area contributed by atoms with Crippen molar-refractivity contribution in [2.24, 2.45) is 0 Å². The molecule has 0 spiro atoms. The van der Waals surface area contributed by atoms with E-state index in [1.54, 1.807) is 31.4 Å². The third-order valence-corrected chi connectivity index (χ3v) is 4.88. The fourth-order valence-electron chi connectivity index (χ4n) is 3.36. The van der Waals surface area contributed by atoms with Gasteiger partial charge < -0.3 is 10.1 Å². The van der Waals surface area contributed by atoms with Gasteiger partial charge in [0.1, 0.15) is 12.3 Å². The van der Waals surface area contributed by atoms with Crippen molar-refractivity contribution in [3.63, 3.8) is 0 Å². The number of nitrogens with zero attached hydrogens (tertiary/aromatic N) is 4. The van der Waals surface area contributed by atoms with Gasteiger partial charge in [-0.15, -0.1) is 0 Å². The van der Waals surface area contributed by atoms with Crippen LogP contribution in [-0.2, 0) is 24.4 Å². The van der Waals surface area contributed by atoms with E-state index < -0.39 is 11.7 Å². The first-order valence-corrected chi connectivity index (χ1v) is 9.43. The van der Waals surface area contributed by atoms with Gasteiger partial charge in [-0.3, -0.25) is 9.69 Å². The maximum atomic E-state index is 12.7. The largest absolute Gasteiger partial charge is 0.497 e. The van der Waals surface area contributed by atoms with Crippen molar-refractivity contribution in [1.82, 2.24) is 19.7 Å². The topological polar surface area (TPSA) is 98.5 Å². The van der Waals surface area contributed by atoms with E-state index in [-0.39, 0.29) is 19.0 Å². The molecule has 0 unspecified atom stereocenters. The van der Waals surface area contributed by atoms with Crippen molar-refractivity contribution in [3.8, 4) is 5.75 Å². The Bertz CT molecular complexity index is 1160. The summed E-state index contributed by atoms with van der Waals surface area (Å²) in [5.74, 6) is 0.615. The molecule has 0 aliphatic carbocycles. The lowest BCUT2D eigenvalue weighted by atomic mass is 10.1. The molecule has 0 bridgehead atoms. The third-order valence-electron chi connectivity index (χ3n) is 4.88. The van der Waals surface area contributed by atoms with Crippen molar-refractivity contribution in [2.45, 2.75) is 26.6 Å². The highest BCUT2D eigenvalue weighted by atomic mass is 16.5. The second kappa shape index (κ2) is 7.86. The van der Waals surface area contributed by atoms with Crippen molar-refractivity contribution in [3.05, 3.63) is 76.0 Å². The number of benzene rings is 2. The molecule has 154 valence electrons. The minimum Gasteiger partial charge on any atom is -0.497 e. The van der Waals surface area contributed by atoms with Gasteiger partial charge in [0.05, 0.1) is 13.7 Å². The molecule has 0 radical (unpaired) electrons. The predicted octanol–water partition coefficient (Wildman–Crippen LogP) is 1.67.